The number of piperidine rings is 1. The van der Waals surface area contributed by atoms with Gasteiger partial charge in [0.15, 0.2) is 0 Å². The molecular formula is C24H34N4O8S2. The van der Waals surface area contributed by atoms with Gasteiger partial charge in [-0.2, -0.15) is 4.31 Å². The molecule has 0 amide bonds. The zero-order valence-electron chi connectivity index (χ0n) is 21.4. The van der Waals surface area contributed by atoms with Crippen molar-refractivity contribution in [3.8, 4) is 11.6 Å². The molecule has 14 heteroatoms. The van der Waals surface area contributed by atoms with Gasteiger partial charge in [0.05, 0.1) is 30.4 Å². The molecule has 2 fully saturated rings. The van der Waals surface area contributed by atoms with Crippen LogP contribution in [0.3, 0.4) is 0 Å². The molecule has 12 nitrogen and oxygen atoms in total. The summed E-state index contributed by atoms with van der Waals surface area (Å²) in [5.74, 6) is 0.695. The molecule has 1 unspecified atom stereocenters. The van der Waals surface area contributed by atoms with Gasteiger partial charge in [0.2, 0.25) is 25.9 Å². The van der Waals surface area contributed by atoms with Gasteiger partial charge in [-0.15, -0.1) is 0 Å². The Morgan fingerprint density at radius 3 is 2.61 bits per heavy atom. The Morgan fingerprint density at radius 2 is 1.95 bits per heavy atom. The number of aliphatic hydroxyl groups excluding tert-OH is 1. The molecule has 2 aliphatic heterocycles. The van der Waals surface area contributed by atoms with Gasteiger partial charge in [0.1, 0.15) is 23.4 Å². The second kappa shape index (κ2) is 11.8. The minimum atomic E-state index is -3.65. The van der Waals surface area contributed by atoms with E-state index in [-0.39, 0.29) is 29.0 Å². The Morgan fingerprint density at radius 1 is 1.18 bits per heavy atom. The van der Waals surface area contributed by atoms with E-state index in [0.29, 0.717) is 50.6 Å². The topological polar surface area (TPSA) is 156 Å². The van der Waals surface area contributed by atoms with Gasteiger partial charge in [-0.3, -0.25) is 0 Å². The largest absolute Gasteiger partial charge is 0.491 e. The maximum Gasteiger partial charge on any atom is 0.244 e. The molecule has 210 valence electrons. The van der Waals surface area contributed by atoms with Gasteiger partial charge in [0, 0.05) is 37.8 Å². The molecule has 2 saturated heterocycles. The van der Waals surface area contributed by atoms with Crippen LogP contribution in [0.2, 0.25) is 0 Å². The van der Waals surface area contributed by atoms with Crippen molar-refractivity contribution < 1.29 is 36.2 Å². The van der Waals surface area contributed by atoms with Gasteiger partial charge in [-0.1, -0.05) is 6.07 Å². The highest BCUT2D eigenvalue weighted by Gasteiger charge is 2.44. The minimum Gasteiger partial charge on any atom is -0.491 e. The Labute approximate surface area is 223 Å². The van der Waals surface area contributed by atoms with Gasteiger partial charge < -0.3 is 24.6 Å². The molecule has 2 atom stereocenters. The van der Waals surface area contributed by atoms with Crippen LogP contribution < -0.4 is 19.5 Å². The first kappa shape index (κ1) is 28.7. The minimum absolute atomic E-state index is 0.0121. The van der Waals surface area contributed by atoms with Crippen LogP contribution in [-0.4, -0.2) is 96.0 Å². The van der Waals surface area contributed by atoms with Crippen molar-refractivity contribution >= 4 is 20.0 Å². The first-order chi connectivity index (χ1) is 18.1. The van der Waals surface area contributed by atoms with E-state index in [1.165, 1.54) is 48.9 Å². The van der Waals surface area contributed by atoms with Crippen LogP contribution in [0.5, 0.6) is 11.6 Å². The third kappa shape index (κ3) is 6.62. The Kier molecular flexibility index (Phi) is 8.92. The highest BCUT2D eigenvalue weighted by atomic mass is 32.2. The standard InChI is InChI=1S/C24H34N4O8S2/c1-25-37(30,31)21-5-3-4-20(12-21)35-17-19(29)14-26-18-13-24(36-16-18)8-10-28(11-9-24)38(32,33)22-6-7-23(34-2)27-15-22/h3-7,12,15,18-19,25-26,29H,8-11,13-14,16-17H2,1-2H3/t18?,19-/m0/s1. The average Bonchev–Trinajstić information content (AvgIpc) is 3.33. The van der Waals surface area contributed by atoms with Crippen LogP contribution in [0.25, 0.3) is 0 Å². The number of sulfonamides is 2. The molecule has 2 aliphatic rings. The zero-order valence-corrected chi connectivity index (χ0v) is 23.0. The molecule has 0 radical (unpaired) electrons. The third-order valence-corrected chi connectivity index (χ3v) is 10.2. The first-order valence-electron chi connectivity index (χ1n) is 12.3. The molecule has 3 heterocycles. The fraction of sp³-hybridized carbons (Fsp3) is 0.542. The summed E-state index contributed by atoms with van der Waals surface area (Å²) < 4.78 is 70.3. The van der Waals surface area contributed by atoms with Gasteiger partial charge in [-0.25, -0.2) is 26.5 Å². The van der Waals surface area contributed by atoms with E-state index in [1.807, 2.05) is 0 Å². The number of methoxy groups -OCH3 is 1. The summed E-state index contributed by atoms with van der Waals surface area (Å²) in [6.45, 7) is 1.41. The summed E-state index contributed by atoms with van der Waals surface area (Å²) in [6.07, 6.45) is 2.35. The third-order valence-electron chi connectivity index (χ3n) is 6.87. The zero-order chi connectivity index (χ0) is 27.4. The molecule has 0 bridgehead atoms. The van der Waals surface area contributed by atoms with Crippen molar-refractivity contribution in [3.05, 3.63) is 42.6 Å². The summed E-state index contributed by atoms with van der Waals surface area (Å²) in [7, 11) is -4.43. The van der Waals surface area contributed by atoms with Crippen molar-refractivity contribution in [2.45, 2.75) is 46.8 Å². The second-order valence-electron chi connectivity index (χ2n) is 9.39. The average molecular weight is 571 g/mol. The quantitative estimate of drug-likeness (QED) is 0.344. The van der Waals surface area contributed by atoms with E-state index in [4.69, 9.17) is 14.2 Å². The number of aliphatic hydroxyl groups is 1. The lowest BCUT2D eigenvalue weighted by Gasteiger charge is -2.38. The van der Waals surface area contributed by atoms with Crippen molar-refractivity contribution in [2.75, 3.05) is 47.0 Å². The molecule has 1 spiro atoms. The summed E-state index contributed by atoms with van der Waals surface area (Å²) >= 11 is 0. The molecule has 0 saturated carbocycles. The number of nitrogens with zero attached hydrogens (tertiary/aromatic N) is 2. The number of ether oxygens (including phenoxy) is 3. The Balaban J connectivity index is 1.22. The fourth-order valence-electron chi connectivity index (χ4n) is 4.65. The van der Waals surface area contributed by atoms with E-state index < -0.39 is 31.8 Å². The normalized spacial score (nSPS) is 20.9. The second-order valence-corrected chi connectivity index (χ2v) is 13.2. The van der Waals surface area contributed by atoms with Crippen LogP contribution in [-0.2, 0) is 24.8 Å². The van der Waals surface area contributed by atoms with Crippen molar-refractivity contribution in [1.29, 1.82) is 0 Å². The first-order valence-corrected chi connectivity index (χ1v) is 15.2. The lowest BCUT2D eigenvalue weighted by atomic mass is 9.88. The summed E-state index contributed by atoms with van der Waals surface area (Å²) in [5.41, 5.74) is -0.400. The number of hydrogen-bond donors (Lipinski definition) is 3. The molecule has 1 aromatic heterocycles. The molecular weight excluding hydrogens is 536 g/mol. The van der Waals surface area contributed by atoms with Crippen LogP contribution >= 0.6 is 0 Å². The summed E-state index contributed by atoms with van der Waals surface area (Å²) in [6, 6.07) is 9.10. The number of pyridine rings is 1. The van der Waals surface area contributed by atoms with E-state index in [9.17, 15) is 21.9 Å². The predicted octanol–water partition coefficient (Wildman–Crippen LogP) is 0.340. The maximum absolute atomic E-state index is 13.0. The van der Waals surface area contributed by atoms with Crippen LogP contribution in [0.4, 0.5) is 0 Å². The van der Waals surface area contributed by atoms with Gasteiger partial charge >= 0.3 is 0 Å². The van der Waals surface area contributed by atoms with Crippen molar-refractivity contribution in [3.63, 3.8) is 0 Å². The van der Waals surface area contributed by atoms with Crippen LogP contribution in [0.15, 0.2) is 52.4 Å². The number of hydrogen-bond acceptors (Lipinski definition) is 10. The number of rotatable bonds is 11. The van der Waals surface area contributed by atoms with Crippen LogP contribution in [0, 0.1) is 0 Å². The molecule has 4 rings (SSSR count). The van der Waals surface area contributed by atoms with E-state index in [1.54, 1.807) is 12.1 Å². The molecule has 3 N–H and O–H groups in total. The van der Waals surface area contributed by atoms with Gasteiger partial charge in [-0.05, 0) is 44.5 Å². The lowest BCUT2D eigenvalue weighted by Crippen LogP contribution is -2.47. The molecule has 1 aromatic carbocycles. The maximum atomic E-state index is 13.0. The monoisotopic (exact) mass is 570 g/mol. The van der Waals surface area contributed by atoms with Crippen molar-refractivity contribution in [1.82, 2.24) is 19.3 Å². The lowest BCUT2D eigenvalue weighted by molar-refractivity contribution is -0.0312. The number of aromatic nitrogens is 1. The van der Waals surface area contributed by atoms with E-state index >= 15 is 0 Å². The number of benzene rings is 1. The van der Waals surface area contributed by atoms with Crippen molar-refractivity contribution in [2.24, 2.45) is 0 Å². The molecule has 0 aliphatic carbocycles. The Hall–Kier alpha value is -2.33. The predicted molar refractivity (Wildman–Crippen MR) is 138 cm³/mol. The van der Waals surface area contributed by atoms with Gasteiger partial charge in [0.25, 0.3) is 0 Å². The highest BCUT2D eigenvalue weighted by Crippen LogP contribution is 2.37. The molecule has 2 aromatic rings. The SMILES string of the molecule is CNS(=O)(=O)c1cccc(OC[C@@H](O)CNC2COC3(CCN(S(=O)(=O)c4ccc(OC)nc4)CC3)C2)c1. The van der Waals surface area contributed by atoms with E-state index in [2.05, 4.69) is 15.0 Å². The summed E-state index contributed by atoms with van der Waals surface area (Å²) in [5, 5.41) is 13.7. The fourth-order valence-corrected chi connectivity index (χ4v) is 6.80. The Bertz CT molecular complexity index is 1300. The highest BCUT2D eigenvalue weighted by molar-refractivity contribution is 7.89. The number of nitrogens with one attached hydrogen (secondary N) is 2. The molecule has 38 heavy (non-hydrogen) atoms. The smallest absolute Gasteiger partial charge is 0.244 e. The van der Waals surface area contributed by atoms with Crippen LogP contribution in [0.1, 0.15) is 19.3 Å². The van der Waals surface area contributed by atoms with E-state index in [0.717, 1.165) is 0 Å². The summed E-state index contributed by atoms with van der Waals surface area (Å²) in [4.78, 5) is 4.22.